The Morgan fingerprint density at radius 3 is 2.42 bits per heavy atom. The summed E-state index contributed by atoms with van der Waals surface area (Å²) in [5.41, 5.74) is -0.286. The van der Waals surface area contributed by atoms with Gasteiger partial charge in [-0.05, 0) is 39.7 Å². The van der Waals surface area contributed by atoms with Crippen LogP contribution in [0.4, 0.5) is 0 Å². The fraction of sp³-hybridized carbons (Fsp3) is 0. The maximum Gasteiger partial charge on any atom is 0.259 e. The predicted molar refractivity (Wildman–Crippen MR) is 47.7 cm³/mol. The number of hydrogen-bond acceptors (Lipinski definition) is 3. The van der Waals surface area contributed by atoms with E-state index >= 15 is 0 Å². The first-order chi connectivity index (χ1) is 5.54. The van der Waals surface area contributed by atoms with Crippen molar-refractivity contribution < 1.29 is 15.0 Å². The second-order valence-corrected chi connectivity index (χ2v) is 3.26. The molecule has 0 amide bonds. The van der Waals surface area contributed by atoms with Crippen LogP contribution in [0.5, 0.6) is 11.5 Å². The van der Waals surface area contributed by atoms with E-state index in [-0.39, 0.29) is 17.1 Å². The summed E-state index contributed by atoms with van der Waals surface area (Å²) >= 11 is 8.08. The van der Waals surface area contributed by atoms with Gasteiger partial charge >= 0.3 is 0 Å². The summed E-state index contributed by atoms with van der Waals surface area (Å²) in [6, 6.07) is 2.67. The van der Waals surface area contributed by atoms with E-state index in [2.05, 4.69) is 15.9 Å². The van der Waals surface area contributed by atoms with Crippen molar-refractivity contribution in [2.75, 3.05) is 0 Å². The zero-order valence-corrected chi connectivity index (χ0v) is 8.06. The van der Waals surface area contributed by atoms with Crippen LogP contribution in [0.25, 0.3) is 0 Å². The fourth-order valence-corrected chi connectivity index (χ4v) is 1.27. The second kappa shape index (κ2) is 3.33. The summed E-state index contributed by atoms with van der Waals surface area (Å²) in [6.45, 7) is 0. The van der Waals surface area contributed by atoms with Gasteiger partial charge in [-0.25, -0.2) is 0 Å². The Hall–Kier alpha value is -0.740. The minimum absolute atomic E-state index is 0.286. The number of phenols is 2. The Kier molecular flexibility index (Phi) is 2.59. The Morgan fingerprint density at radius 1 is 1.42 bits per heavy atom. The van der Waals surface area contributed by atoms with Crippen molar-refractivity contribution in [3.05, 3.63) is 22.2 Å². The molecule has 0 unspecified atom stereocenters. The van der Waals surface area contributed by atoms with Gasteiger partial charge in [0.1, 0.15) is 17.1 Å². The maximum atomic E-state index is 10.7. The smallest absolute Gasteiger partial charge is 0.259 e. The van der Waals surface area contributed by atoms with Crippen LogP contribution in [0.3, 0.4) is 0 Å². The molecule has 5 heteroatoms. The van der Waals surface area contributed by atoms with Crippen LogP contribution in [0.15, 0.2) is 16.6 Å². The summed E-state index contributed by atoms with van der Waals surface area (Å²) in [5, 5.41) is 17.4. The predicted octanol–water partition coefficient (Wildman–Crippen LogP) is 2.24. The molecule has 0 aliphatic heterocycles. The molecule has 0 bridgehead atoms. The zero-order chi connectivity index (χ0) is 9.30. The molecule has 0 aromatic heterocycles. The van der Waals surface area contributed by atoms with E-state index in [4.69, 9.17) is 16.7 Å². The molecule has 1 aromatic carbocycles. The highest BCUT2D eigenvalue weighted by Crippen LogP contribution is 2.34. The van der Waals surface area contributed by atoms with E-state index < -0.39 is 5.24 Å². The van der Waals surface area contributed by atoms with E-state index in [0.29, 0.717) is 4.47 Å². The summed E-state index contributed by atoms with van der Waals surface area (Å²) in [6.07, 6.45) is 0. The van der Waals surface area contributed by atoms with Gasteiger partial charge in [-0.1, -0.05) is 0 Å². The third-order valence-corrected chi connectivity index (χ3v) is 2.13. The largest absolute Gasteiger partial charge is 0.507 e. The lowest BCUT2D eigenvalue weighted by molar-refractivity contribution is 0.107. The van der Waals surface area contributed by atoms with E-state index in [1.54, 1.807) is 0 Å². The standard InChI is InChI=1S/C7H4BrClO3/c8-3-1-2-4(10)5(6(3)11)7(9)12/h1-2,10-11H. The molecule has 0 heterocycles. The molecular weight excluding hydrogens is 247 g/mol. The average Bonchev–Trinajstić information content (AvgIpc) is 1.97. The van der Waals surface area contributed by atoms with Crippen molar-refractivity contribution in [1.29, 1.82) is 0 Å². The molecule has 0 saturated carbocycles. The first kappa shape index (κ1) is 9.35. The molecule has 1 rings (SSSR count). The molecule has 0 aliphatic rings. The number of aromatic hydroxyl groups is 2. The summed E-state index contributed by atoms with van der Waals surface area (Å²) < 4.78 is 0.310. The third-order valence-electron chi connectivity index (χ3n) is 1.30. The summed E-state index contributed by atoms with van der Waals surface area (Å²) in [4.78, 5) is 10.7. The molecule has 0 spiro atoms. The summed E-state index contributed by atoms with van der Waals surface area (Å²) in [5.74, 6) is -0.689. The number of benzene rings is 1. The van der Waals surface area contributed by atoms with Crippen molar-refractivity contribution >= 4 is 32.8 Å². The van der Waals surface area contributed by atoms with Gasteiger partial charge in [-0.2, -0.15) is 0 Å². The van der Waals surface area contributed by atoms with E-state index in [1.165, 1.54) is 12.1 Å². The van der Waals surface area contributed by atoms with Gasteiger partial charge in [0.2, 0.25) is 0 Å². The second-order valence-electron chi connectivity index (χ2n) is 2.06. The number of carbonyl (C=O) groups is 1. The summed E-state index contributed by atoms with van der Waals surface area (Å²) in [7, 11) is 0. The van der Waals surface area contributed by atoms with Crippen molar-refractivity contribution in [3.8, 4) is 11.5 Å². The van der Waals surface area contributed by atoms with Gasteiger partial charge < -0.3 is 10.2 Å². The highest BCUT2D eigenvalue weighted by molar-refractivity contribution is 9.10. The van der Waals surface area contributed by atoms with E-state index in [9.17, 15) is 9.90 Å². The number of hydrogen-bond donors (Lipinski definition) is 2. The highest BCUT2D eigenvalue weighted by atomic mass is 79.9. The number of halogens is 2. The van der Waals surface area contributed by atoms with Crippen LogP contribution in [0.2, 0.25) is 0 Å². The van der Waals surface area contributed by atoms with Crippen LogP contribution < -0.4 is 0 Å². The number of phenolic OH excluding ortho intramolecular Hbond substituents is 2. The molecule has 0 aliphatic carbocycles. The minimum Gasteiger partial charge on any atom is -0.507 e. The fourth-order valence-electron chi connectivity index (χ4n) is 0.749. The Morgan fingerprint density at radius 2 is 2.00 bits per heavy atom. The number of carbonyl (C=O) groups excluding carboxylic acids is 1. The molecule has 1 aromatic rings. The minimum atomic E-state index is -0.897. The monoisotopic (exact) mass is 250 g/mol. The quantitative estimate of drug-likeness (QED) is 0.753. The van der Waals surface area contributed by atoms with Gasteiger partial charge in [0.05, 0.1) is 4.47 Å². The molecule has 0 fully saturated rings. The van der Waals surface area contributed by atoms with Crippen LogP contribution in [0.1, 0.15) is 10.4 Å². The number of rotatable bonds is 1. The molecule has 0 radical (unpaired) electrons. The van der Waals surface area contributed by atoms with Crippen LogP contribution in [-0.2, 0) is 0 Å². The molecule has 3 nitrogen and oxygen atoms in total. The normalized spacial score (nSPS) is 9.83. The topological polar surface area (TPSA) is 57.5 Å². The van der Waals surface area contributed by atoms with Crippen molar-refractivity contribution in [2.45, 2.75) is 0 Å². The van der Waals surface area contributed by atoms with Gasteiger partial charge in [0, 0.05) is 0 Å². The van der Waals surface area contributed by atoms with Crippen LogP contribution in [0, 0.1) is 0 Å². The van der Waals surface area contributed by atoms with Crippen molar-refractivity contribution in [1.82, 2.24) is 0 Å². The maximum absolute atomic E-state index is 10.7. The van der Waals surface area contributed by atoms with E-state index in [1.807, 2.05) is 0 Å². The van der Waals surface area contributed by atoms with Gasteiger partial charge in [-0.15, -0.1) is 0 Å². The SMILES string of the molecule is O=C(Cl)c1c(O)ccc(Br)c1O. The lowest BCUT2D eigenvalue weighted by atomic mass is 10.2. The Balaban J connectivity index is 3.43. The first-order valence-electron chi connectivity index (χ1n) is 2.94. The lowest BCUT2D eigenvalue weighted by Gasteiger charge is -2.03. The lowest BCUT2D eigenvalue weighted by Crippen LogP contribution is -1.90. The van der Waals surface area contributed by atoms with Crippen LogP contribution >= 0.6 is 27.5 Å². The molecule has 2 N–H and O–H groups in total. The van der Waals surface area contributed by atoms with Crippen molar-refractivity contribution in [2.24, 2.45) is 0 Å². The highest BCUT2D eigenvalue weighted by Gasteiger charge is 2.16. The van der Waals surface area contributed by atoms with Gasteiger partial charge in [0.15, 0.2) is 0 Å². The molecular formula is C7H4BrClO3. The Bertz CT molecular complexity index is 338. The zero-order valence-electron chi connectivity index (χ0n) is 5.71. The molecule has 12 heavy (non-hydrogen) atoms. The van der Waals surface area contributed by atoms with Crippen LogP contribution in [-0.4, -0.2) is 15.5 Å². The van der Waals surface area contributed by atoms with Gasteiger partial charge in [-0.3, -0.25) is 4.79 Å². The molecule has 0 atom stereocenters. The van der Waals surface area contributed by atoms with Crippen molar-refractivity contribution in [3.63, 3.8) is 0 Å². The Labute approximate surface area is 81.7 Å². The molecule has 64 valence electrons. The average molecular weight is 251 g/mol. The molecule has 0 saturated heterocycles. The van der Waals surface area contributed by atoms with Gasteiger partial charge in [0.25, 0.3) is 5.24 Å². The van der Waals surface area contributed by atoms with E-state index in [0.717, 1.165) is 0 Å². The first-order valence-corrected chi connectivity index (χ1v) is 4.11. The third kappa shape index (κ3) is 1.54.